The molecule has 0 aliphatic carbocycles. The molecule has 1 heterocycles. The molecule has 0 saturated carbocycles. The number of halogens is 1. The SMILES string of the molecule is C/C(=C/C(=O)NCc1ccc(N2CCCC2=O)cc1)c1ccccc1F. The molecule has 0 radical (unpaired) electrons. The molecule has 134 valence electrons. The van der Waals surface area contributed by atoms with E-state index in [9.17, 15) is 14.0 Å². The van der Waals surface area contributed by atoms with Crippen LogP contribution in [0.2, 0.25) is 0 Å². The number of carbonyl (C=O) groups is 2. The predicted octanol–water partition coefficient (Wildman–Crippen LogP) is 3.67. The fraction of sp³-hybridized carbons (Fsp3) is 0.238. The quantitative estimate of drug-likeness (QED) is 0.835. The van der Waals surface area contributed by atoms with Gasteiger partial charge in [-0.15, -0.1) is 0 Å². The number of allylic oxidation sites excluding steroid dienone is 1. The number of anilines is 1. The number of carbonyl (C=O) groups excluding carboxylic acids is 2. The van der Waals surface area contributed by atoms with E-state index in [1.807, 2.05) is 24.3 Å². The molecule has 5 heteroatoms. The van der Waals surface area contributed by atoms with Gasteiger partial charge < -0.3 is 10.2 Å². The molecule has 1 aliphatic rings. The van der Waals surface area contributed by atoms with Crippen LogP contribution in [0.25, 0.3) is 5.57 Å². The normalized spacial score (nSPS) is 14.6. The lowest BCUT2D eigenvalue weighted by molar-refractivity contribution is -0.117. The van der Waals surface area contributed by atoms with Gasteiger partial charge >= 0.3 is 0 Å². The van der Waals surface area contributed by atoms with Gasteiger partial charge in [0.1, 0.15) is 5.82 Å². The molecule has 0 aromatic heterocycles. The summed E-state index contributed by atoms with van der Waals surface area (Å²) < 4.78 is 13.7. The highest BCUT2D eigenvalue weighted by molar-refractivity contribution is 5.95. The minimum absolute atomic E-state index is 0.153. The van der Waals surface area contributed by atoms with Crippen LogP contribution in [0.4, 0.5) is 10.1 Å². The summed E-state index contributed by atoms with van der Waals surface area (Å²) in [6.45, 7) is 2.84. The summed E-state index contributed by atoms with van der Waals surface area (Å²) in [5.41, 5.74) is 2.81. The Kier molecular flexibility index (Phi) is 5.46. The van der Waals surface area contributed by atoms with Crippen LogP contribution in [0.15, 0.2) is 54.6 Å². The van der Waals surface area contributed by atoms with Crippen LogP contribution in [0, 0.1) is 5.82 Å². The second-order valence-electron chi connectivity index (χ2n) is 6.34. The van der Waals surface area contributed by atoms with Crippen molar-refractivity contribution in [1.82, 2.24) is 5.32 Å². The summed E-state index contributed by atoms with van der Waals surface area (Å²) in [5, 5.41) is 2.80. The molecule has 4 nitrogen and oxygen atoms in total. The van der Waals surface area contributed by atoms with Gasteiger partial charge in [0.15, 0.2) is 0 Å². The molecule has 26 heavy (non-hydrogen) atoms. The molecule has 2 aromatic carbocycles. The third-order valence-corrected chi connectivity index (χ3v) is 4.43. The fourth-order valence-electron chi connectivity index (χ4n) is 3.01. The van der Waals surface area contributed by atoms with Crippen molar-refractivity contribution in [3.05, 3.63) is 71.6 Å². The lowest BCUT2D eigenvalue weighted by atomic mass is 10.1. The number of benzene rings is 2. The van der Waals surface area contributed by atoms with Crippen molar-refractivity contribution < 1.29 is 14.0 Å². The van der Waals surface area contributed by atoms with E-state index in [0.29, 0.717) is 24.1 Å². The van der Waals surface area contributed by atoms with Crippen molar-refractivity contribution in [3.63, 3.8) is 0 Å². The van der Waals surface area contributed by atoms with Crippen LogP contribution in [0.5, 0.6) is 0 Å². The maximum absolute atomic E-state index is 13.7. The summed E-state index contributed by atoms with van der Waals surface area (Å²) >= 11 is 0. The van der Waals surface area contributed by atoms with E-state index in [0.717, 1.165) is 24.2 Å². The van der Waals surface area contributed by atoms with E-state index in [4.69, 9.17) is 0 Å². The highest BCUT2D eigenvalue weighted by Crippen LogP contribution is 2.21. The molecule has 2 amide bonds. The number of hydrogen-bond acceptors (Lipinski definition) is 2. The second-order valence-corrected chi connectivity index (χ2v) is 6.34. The van der Waals surface area contributed by atoms with E-state index in [1.54, 1.807) is 30.0 Å². The monoisotopic (exact) mass is 352 g/mol. The third kappa shape index (κ3) is 4.17. The molecule has 2 aromatic rings. The summed E-state index contributed by atoms with van der Waals surface area (Å²) in [7, 11) is 0. The van der Waals surface area contributed by atoms with Crippen LogP contribution in [0.3, 0.4) is 0 Å². The number of hydrogen-bond donors (Lipinski definition) is 1. The van der Waals surface area contributed by atoms with Gasteiger partial charge in [0.05, 0.1) is 0 Å². The number of rotatable bonds is 5. The average molecular weight is 352 g/mol. The zero-order chi connectivity index (χ0) is 18.5. The van der Waals surface area contributed by atoms with Gasteiger partial charge in [0.2, 0.25) is 11.8 Å². The van der Waals surface area contributed by atoms with Gasteiger partial charge in [-0.25, -0.2) is 4.39 Å². The summed E-state index contributed by atoms with van der Waals surface area (Å²) in [6, 6.07) is 14.0. The van der Waals surface area contributed by atoms with Gasteiger partial charge in [0, 0.05) is 36.8 Å². The Hall–Kier alpha value is -2.95. The molecule has 1 saturated heterocycles. The van der Waals surface area contributed by atoms with Crippen molar-refractivity contribution in [2.75, 3.05) is 11.4 Å². The molecule has 1 aliphatic heterocycles. The largest absolute Gasteiger partial charge is 0.348 e. The molecule has 0 bridgehead atoms. The maximum atomic E-state index is 13.7. The third-order valence-electron chi connectivity index (χ3n) is 4.43. The first kappa shape index (κ1) is 17.9. The second kappa shape index (κ2) is 7.95. The van der Waals surface area contributed by atoms with Gasteiger partial charge in [-0.2, -0.15) is 0 Å². The first-order valence-electron chi connectivity index (χ1n) is 8.65. The molecule has 1 N–H and O–H groups in total. The van der Waals surface area contributed by atoms with Crippen molar-refractivity contribution in [3.8, 4) is 0 Å². The standard InChI is InChI=1S/C21H21FN2O2/c1-15(18-5-2-3-6-19(18)22)13-20(25)23-14-16-8-10-17(11-9-16)24-12-4-7-21(24)26/h2-3,5-6,8-11,13H,4,7,12,14H2,1H3,(H,23,25)/b15-13-. The average Bonchev–Trinajstić information content (AvgIpc) is 3.06. The van der Waals surface area contributed by atoms with E-state index in [1.165, 1.54) is 12.1 Å². The summed E-state index contributed by atoms with van der Waals surface area (Å²) in [4.78, 5) is 25.6. The number of nitrogens with zero attached hydrogens (tertiary/aromatic N) is 1. The van der Waals surface area contributed by atoms with Crippen LogP contribution >= 0.6 is 0 Å². The Morgan fingerprint density at radius 2 is 1.92 bits per heavy atom. The van der Waals surface area contributed by atoms with E-state index in [2.05, 4.69) is 5.32 Å². The minimum atomic E-state index is -0.346. The van der Waals surface area contributed by atoms with Crippen LogP contribution < -0.4 is 10.2 Å². The Balaban J connectivity index is 1.58. The number of amides is 2. The van der Waals surface area contributed by atoms with E-state index >= 15 is 0 Å². The van der Waals surface area contributed by atoms with Gasteiger partial charge in [-0.3, -0.25) is 9.59 Å². The molecular formula is C21H21FN2O2. The topological polar surface area (TPSA) is 49.4 Å². The maximum Gasteiger partial charge on any atom is 0.244 e. The lowest BCUT2D eigenvalue weighted by Gasteiger charge is -2.16. The molecule has 1 fully saturated rings. The Labute approximate surface area is 152 Å². The number of nitrogens with one attached hydrogen (secondary N) is 1. The van der Waals surface area contributed by atoms with Crippen LogP contribution in [0.1, 0.15) is 30.9 Å². The van der Waals surface area contributed by atoms with Crippen LogP contribution in [-0.4, -0.2) is 18.4 Å². The Bertz CT molecular complexity index is 843. The van der Waals surface area contributed by atoms with Crippen molar-refractivity contribution in [2.45, 2.75) is 26.3 Å². The van der Waals surface area contributed by atoms with Gasteiger partial charge in [0.25, 0.3) is 0 Å². The van der Waals surface area contributed by atoms with E-state index in [-0.39, 0.29) is 17.6 Å². The molecular weight excluding hydrogens is 331 g/mol. The molecule has 0 spiro atoms. The zero-order valence-corrected chi connectivity index (χ0v) is 14.7. The lowest BCUT2D eigenvalue weighted by Crippen LogP contribution is -2.24. The van der Waals surface area contributed by atoms with Crippen molar-refractivity contribution in [2.24, 2.45) is 0 Å². The summed E-state index contributed by atoms with van der Waals surface area (Å²) in [6.07, 6.45) is 2.89. The minimum Gasteiger partial charge on any atom is -0.348 e. The van der Waals surface area contributed by atoms with Gasteiger partial charge in [-0.1, -0.05) is 30.3 Å². The van der Waals surface area contributed by atoms with E-state index < -0.39 is 0 Å². The first-order chi connectivity index (χ1) is 12.5. The highest BCUT2D eigenvalue weighted by Gasteiger charge is 2.21. The fourth-order valence-corrected chi connectivity index (χ4v) is 3.01. The Morgan fingerprint density at radius 3 is 2.58 bits per heavy atom. The Morgan fingerprint density at radius 1 is 1.19 bits per heavy atom. The molecule has 0 unspecified atom stereocenters. The first-order valence-corrected chi connectivity index (χ1v) is 8.65. The van der Waals surface area contributed by atoms with Crippen molar-refractivity contribution >= 4 is 23.1 Å². The predicted molar refractivity (Wildman–Crippen MR) is 99.9 cm³/mol. The molecule has 0 atom stereocenters. The van der Waals surface area contributed by atoms with Gasteiger partial charge in [-0.05, 0) is 42.7 Å². The summed E-state index contributed by atoms with van der Waals surface area (Å²) in [5.74, 6) is -0.467. The van der Waals surface area contributed by atoms with Crippen LogP contribution in [-0.2, 0) is 16.1 Å². The van der Waals surface area contributed by atoms with Crippen molar-refractivity contribution in [1.29, 1.82) is 0 Å². The molecule has 3 rings (SSSR count). The highest BCUT2D eigenvalue weighted by atomic mass is 19.1. The zero-order valence-electron chi connectivity index (χ0n) is 14.7. The smallest absolute Gasteiger partial charge is 0.244 e.